The van der Waals surface area contributed by atoms with Crippen molar-refractivity contribution in [1.82, 2.24) is 4.98 Å². The van der Waals surface area contributed by atoms with Gasteiger partial charge in [-0.15, -0.1) is 11.3 Å². The Morgan fingerprint density at radius 1 is 1.24 bits per heavy atom. The summed E-state index contributed by atoms with van der Waals surface area (Å²) >= 11 is 1.70. The van der Waals surface area contributed by atoms with Gasteiger partial charge in [-0.05, 0) is 43.7 Å². The summed E-state index contributed by atoms with van der Waals surface area (Å²) in [4.78, 5) is 6.82. The highest BCUT2D eigenvalue weighted by Gasteiger charge is 2.11. The lowest BCUT2D eigenvalue weighted by molar-refractivity contribution is 0.621. The lowest BCUT2D eigenvalue weighted by atomic mass is 10.3. The molecule has 0 spiro atoms. The van der Waals surface area contributed by atoms with Gasteiger partial charge in [-0.2, -0.15) is 0 Å². The molecule has 2 heterocycles. The van der Waals surface area contributed by atoms with Crippen LogP contribution in [0.15, 0.2) is 28.7 Å². The van der Waals surface area contributed by atoms with Crippen LogP contribution in [0.5, 0.6) is 0 Å². The van der Waals surface area contributed by atoms with E-state index in [0.29, 0.717) is 11.6 Å². The molecule has 0 saturated heterocycles. The summed E-state index contributed by atoms with van der Waals surface area (Å²) in [7, 11) is 0. The standard InChI is InChI=1S/C13H12N2OS/c1-7-5-12(17-8(7)2)13-15-10-6-9(14)3-4-11(10)16-13/h3-6H,14H2,1-2H3. The summed E-state index contributed by atoms with van der Waals surface area (Å²) in [5, 5.41) is 0. The fourth-order valence-electron chi connectivity index (χ4n) is 1.73. The number of hydrogen-bond donors (Lipinski definition) is 1. The van der Waals surface area contributed by atoms with Crippen LogP contribution in [-0.4, -0.2) is 4.98 Å². The maximum absolute atomic E-state index is 5.72. The fourth-order valence-corrected chi connectivity index (χ4v) is 2.69. The van der Waals surface area contributed by atoms with Gasteiger partial charge in [0.15, 0.2) is 5.58 Å². The smallest absolute Gasteiger partial charge is 0.237 e. The monoisotopic (exact) mass is 244 g/mol. The molecule has 17 heavy (non-hydrogen) atoms. The van der Waals surface area contributed by atoms with E-state index in [1.165, 1.54) is 10.4 Å². The Morgan fingerprint density at radius 3 is 2.76 bits per heavy atom. The molecule has 0 aliphatic heterocycles. The van der Waals surface area contributed by atoms with Crippen molar-refractivity contribution < 1.29 is 4.42 Å². The van der Waals surface area contributed by atoms with Crippen LogP contribution in [0.2, 0.25) is 0 Å². The molecule has 3 aromatic rings. The number of aryl methyl sites for hydroxylation is 2. The van der Waals surface area contributed by atoms with Crippen molar-refractivity contribution in [1.29, 1.82) is 0 Å². The van der Waals surface area contributed by atoms with Crippen LogP contribution in [0, 0.1) is 13.8 Å². The zero-order chi connectivity index (χ0) is 12.0. The van der Waals surface area contributed by atoms with Gasteiger partial charge in [0.2, 0.25) is 5.89 Å². The van der Waals surface area contributed by atoms with E-state index in [1.54, 1.807) is 11.3 Å². The number of rotatable bonds is 1. The second-order valence-electron chi connectivity index (χ2n) is 4.10. The Bertz CT molecular complexity index is 677. The zero-order valence-electron chi connectivity index (χ0n) is 9.65. The molecule has 86 valence electrons. The first-order valence-electron chi connectivity index (χ1n) is 5.37. The van der Waals surface area contributed by atoms with Gasteiger partial charge in [0.1, 0.15) is 5.52 Å². The quantitative estimate of drug-likeness (QED) is 0.663. The van der Waals surface area contributed by atoms with Crippen molar-refractivity contribution in [3.63, 3.8) is 0 Å². The molecule has 0 radical (unpaired) electrons. The Morgan fingerprint density at radius 2 is 2.06 bits per heavy atom. The third kappa shape index (κ3) is 1.70. The summed E-state index contributed by atoms with van der Waals surface area (Å²) in [6, 6.07) is 7.61. The van der Waals surface area contributed by atoms with Gasteiger partial charge in [0.05, 0.1) is 4.88 Å². The minimum Gasteiger partial charge on any atom is -0.435 e. The Balaban J connectivity index is 2.17. The van der Waals surface area contributed by atoms with E-state index in [-0.39, 0.29) is 0 Å². The van der Waals surface area contributed by atoms with Crippen LogP contribution in [-0.2, 0) is 0 Å². The Hall–Kier alpha value is -1.81. The predicted molar refractivity (Wildman–Crippen MR) is 71.2 cm³/mol. The van der Waals surface area contributed by atoms with Crippen LogP contribution < -0.4 is 5.73 Å². The van der Waals surface area contributed by atoms with Gasteiger partial charge in [-0.3, -0.25) is 0 Å². The maximum atomic E-state index is 5.72. The minimum absolute atomic E-state index is 0.673. The first-order valence-corrected chi connectivity index (χ1v) is 6.18. The molecule has 0 atom stereocenters. The number of thiophene rings is 1. The van der Waals surface area contributed by atoms with Crippen molar-refractivity contribution in [3.05, 3.63) is 34.7 Å². The summed E-state index contributed by atoms with van der Waals surface area (Å²) < 4.78 is 5.72. The number of aromatic nitrogens is 1. The molecule has 4 heteroatoms. The number of benzene rings is 1. The number of anilines is 1. The molecule has 0 bridgehead atoms. The van der Waals surface area contributed by atoms with E-state index >= 15 is 0 Å². The third-order valence-corrected chi connectivity index (χ3v) is 3.93. The predicted octanol–water partition coefficient (Wildman–Crippen LogP) is 3.76. The maximum Gasteiger partial charge on any atom is 0.237 e. The number of fused-ring (bicyclic) bond motifs is 1. The first-order chi connectivity index (χ1) is 8.13. The number of nitrogen functional groups attached to an aromatic ring is 1. The molecular formula is C13H12N2OS. The highest BCUT2D eigenvalue weighted by atomic mass is 32.1. The first kappa shape index (κ1) is 10.4. The van der Waals surface area contributed by atoms with E-state index in [9.17, 15) is 0 Å². The molecule has 0 unspecified atom stereocenters. The van der Waals surface area contributed by atoms with Gasteiger partial charge in [-0.25, -0.2) is 4.98 Å². The lowest BCUT2D eigenvalue weighted by Crippen LogP contribution is -1.82. The minimum atomic E-state index is 0.673. The van der Waals surface area contributed by atoms with E-state index in [1.807, 2.05) is 18.2 Å². The highest BCUT2D eigenvalue weighted by molar-refractivity contribution is 7.15. The van der Waals surface area contributed by atoms with Crippen LogP contribution in [0.1, 0.15) is 10.4 Å². The summed E-state index contributed by atoms with van der Waals surface area (Å²) in [5.74, 6) is 0.673. The number of hydrogen-bond acceptors (Lipinski definition) is 4. The average molecular weight is 244 g/mol. The van der Waals surface area contributed by atoms with Crippen molar-refractivity contribution in [2.24, 2.45) is 0 Å². The zero-order valence-corrected chi connectivity index (χ0v) is 10.5. The van der Waals surface area contributed by atoms with Crippen LogP contribution in [0.3, 0.4) is 0 Å². The van der Waals surface area contributed by atoms with Crippen molar-refractivity contribution in [3.8, 4) is 10.8 Å². The number of nitrogens with two attached hydrogens (primary N) is 1. The highest BCUT2D eigenvalue weighted by Crippen LogP contribution is 2.32. The number of oxazole rings is 1. The lowest BCUT2D eigenvalue weighted by Gasteiger charge is -1.88. The molecule has 0 aliphatic rings. The van der Waals surface area contributed by atoms with Crippen molar-refractivity contribution in [2.45, 2.75) is 13.8 Å². The molecule has 2 N–H and O–H groups in total. The molecule has 0 saturated carbocycles. The summed E-state index contributed by atoms with van der Waals surface area (Å²) in [6.07, 6.45) is 0. The molecule has 1 aromatic carbocycles. The van der Waals surface area contributed by atoms with Crippen molar-refractivity contribution >= 4 is 28.1 Å². The van der Waals surface area contributed by atoms with Crippen molar-refractivity contribution in [2.75, 3.05) is 5.73 Å². The van der Waals surface area contributed by atoms with Crippen LogP contribution >= 0.6 is 11.3 Å². The fraction of sp³-hybridized carbons (Fsp3) is 0.154. The Kier molecular flexibility index (Phi) is 2.19. The molecule has 3 rings (SSSR count). The number of nitrogens with zero attached hydrogens (tertiary/aromatic N) is 1. The normalized spacial score (nSPS) is 11.2. The molecule has 2 aromatic heterocycles. The van der Waals surface area contributed by atoms with Gasteiger partial charge < -0.3 is 10.2 Å². The largest absolute Gasteiger partial charge is 0.435 e. The Labute approximate surface area is 103 Å². The summed E-state index contributed by atoms with van der Waals surface area (Å²) in [6.45, 7) is 4.19. The van der Waals surface area contributed by atoms with Gasteiger partial charge in [-0.1, -0.05) is 0 Å². The van der Waals surface area contributed by atoms with Gasteiger partial charge in [0, 0.05) is 10.6 Å². The molecule has 0 aliphatic carbocycles. The van der Waals surface area contributed by atoms with Gasteiger partial charge in [0.25, 0.3) is 0 Å². The van der Waals surface area contributed by atoms with E-state index in [2.05, 4.69) is 24.9 Å². The topological polar surface area (TPSA) is 52.0 Å². The molecule has 0 amide bonds. The summed E-state index contributed by atoms with van der Waals surface area (Å²) in [5.41, 5.74) is 9.28. The van der Waals surface area contributed by atoms with Crippen LogP contribution in [0.4, 0.5) is 5.69 Å². The SMILES string of the molecule is Cc1cc(-c2nc3cc(N)ccc3o2)sc1C. The molecular weight excluding hydrogens is 232 g/mol. The van der Waals surface area contributed by atoms with Gasteiger partial charge >= 0.3 is 0 Å². The molecule has 0 fully saturated rings. The second-order valence-corrected chi connectivity index (χ2v) is 5.35. The van der Waals surface area contributed by atoms with Crippen LogP contribution in [0.25, 0.3) is 21.9 Å². The average Bonchev–Trinajstić information content (AvgIpc) is 2.83. The van der Waals surface area contributed by atoms with E-state index in [0.717, 1.165) is 16.0 Å². The van der Waals surface area contributed by atoms with E-state index < -0.39 is 0 Å². The second kappa shape index (κ2) is 3.60. The van der Waals surface area contributed by atoms with E-state index in [4.69, 9.17) is 10.2 Å². The molecule has 3 nitrogen and oxygen atoms in total. The third-order valence-electron chi connectivity index (χ3n) is 2.79.